The highest BCUT2D eigenvalue weighted by Crippen LogP contribution is 2.58. The van der Waals surface area contributed by atoms with Gasteiger partial charge >= 0.3 is 0 Å². The quantitative estimate of drug-likeness (QED) is 0.412. The molecule has 0 bridgehead atoms. The van der Waals surface area contributed by atoms with E-state index in [1.807, 2.05) is 11.8 Å². The summed E-state index contributed by atoms with van der Waals surface area (Å²) < 4.78 is 2.18. The zero-order valence-corrected chi connectivity index (χ0v) is 20.4. The molecule has 2 heterocycles. The van der Waals surface area contributed by atoms with Gasteiger partial charge in [0.25, 0.3) is 0 Å². The Balaban J connectivity index is 1.13. The number of aromatic nitrogens is 3. The summed E-state index contributed by atoms with van der Waals surface area (Å²) in [7, 11) is 2.11. The normalized spacial score (nSPS) is 29.4. The lowest BCUT2D eigenvalue weighted by atomic mass is 9.94. The van der Waals surface area contributed by atoms with Crippen molar-refractivity contribution in [2.24, 2.45) is 13.0 Å². The first-order chi connectivity index (χ1) is 15.6. The number of piperidine rings is 1. The molecular weight excluding hydrogens is 412 g/mol. The number of thioether (sulfide) groups is 1. The molecule has 1 saturated carbocycles. The fourth-order valence-electron chi connectivity index (χ4n) is 5.43. The summed E-state index contributed by atoms with van der Waals surface area (Å²) in [6.45, 7) is 8.03. The van der Waals surface area contributed by atoms with E-state index in [1.165, 1.54) is 49.2 Å². The molecule has 5 rings (SSSR count). The first kappa shape index (κ1) is 21.7. The van der Waals surface area contributed by atoms with E-state index < -0.39 is 0 Å². The molecule has 32 heavy (non-hydrogen) atoms. The minimum atomic E-state index is 0.451. The number of benzene rings is 1. The predicted molar refractivity (Wildman–Crippen MR) is 134 cm³/mol. The van der Waals surface area contributed by atoms with Gasteiger partial charge in [-0.15, -0.1) is 10.2 Å². The van der Waals surface area contributed by atoms with Gasteiger partial charge < -0.3 is 9.47 Å². The van der Waals surface area contributed by atoms with Crippen molar-refractivity contribution in [1.82, 2.24) is 19.7 Å². The molecule has 1 aromatic heterocycles. The highest BCUT2D eigenvalue weighted by atomic mass is 32.2. The van der Waals surface area contributed by atoms with Crippen molar-refractivity contribution in [3.63, 3.8) is 0 Å². The van der Waals surface area contributed by atoms with Gasteiger partial charge in [-0.3, -0.25) is 0 Å². The molecule has 1 saturated heterocycles. The van der Waals surface area contributed by atoms with E-state index in [-0.39, 0.29) is 0 Å². The maximum absolute atomic E-state index is 4.55. The van der Waals surface area contributed by atoms with Crippen molar-refractivity contribution in [2.45, 2.75) is 50.1 Å². The molecule has 0 N–H and O–H groups in total. The van der Waals surface area contributed by atoms with E-state index in [4.69, 9.17) is 0 Å². The Morgan fingerprint density at radius 3 is 2.81 bits per heavy atom. The average Bonchev–Trinajstić information content (AvgIpc) is 3.15. The Labute approximate surface area is 196 Å². The topological polar surface area (TPSA) is 34.0 Å². The molecule has 2 atom stereocenters. The Kier molecular flexibility index (Phi) is 6.13. The molecular formula is C27H34N4S. The second kappa shape index (κ2) is 9.03. The highest BCUT2D eigenvalue weighted by Gasteiger charge is 2.60. The molecule has 1 aliphatic heterocycles. The molecule has 0 radical (unpaired) electrons. The lowest BCUT2D eigenvalue weighted by Gasteiger charge is -2.21. The number of nitrogens with zero attached hydrogens (tertiary/aromatic N) is 4. The Morgan fingerprint density at radius 1 is 1.12 bits per heavy atom. The highest BCUT2D eigenvalue weighted by molar-refractivity contribution is 7.99. The number of hydrogen-bond acceptors (Lipinski definition) is 4. The summed E-state index contributed by atoms with van der Waals surface area (Å²) in [6.07, 6.45) is 13.3. The van der Waals surface area contributed by atoms with Gasteiger partial charge in [0.2, 0.25) is 0 Å². The van der Waals surface area contributed by atoms with Gasteiger partial charge in [-0.1, -0.05) is 65.9 Å². The van der Waals surface area contributed by atoms with Crippen LogP contribution < -0.4 is 0 Å². The molecule has 0 spiro atoms. The molecule has 1 unspecified atom stereocenters. The van der Waals surface area contributed by atoms with Crippen molar-refractivity contribution < 1.29 is 0 Å². The van der Waals surface area contributed by atoms with Crippen LogP contribution in [0.25, 0.3) is 5.57 Å². The minimum absolute atomic E-state index is 0.451. The third kappa shape index (κ3) is 4.25. The van der Waals surface area contributed by atoms with Crippen LogP contribution in [0.1, 0.15) is 49.6 Å². The fraction of sp³-hybridized carbons (Fsp3) is 0.481. The van der Waals surface area contributed by atoms with Crippen LogP contribution >= 0.6 is 11.8 Å². The third-order valence-electron chi connectivity index (χ3n) is 7.43. The number of rotatable bonds is 7. The molecule has 2 aliphatic carbocycles. The standard InChI is InChI=1S/C27H34N4S/c1-20-11-13-22(14-12-20)27-17-23(27)18-31(19-27)15-8-16-32-26-29-28-25(30(26)3)24-10-7-5-4-6-9-21(24)2/h4-6,9,11-14,23H,7-8,10,15-19H2,1-3H3/b5-4-,9-6-,24-21+/t23-,27?/m0/s1. The maximum atomic E-state index is 4.55. The summed E-state index contributed by atoms with van der Waals surface area (Å²) in [4.78, 5) is 2.68. The third-order valence-corrected chi connectivity index (χ3v) is 8.53. The largest absolute Gasteiger partial charge is 0.305 e. The van der Waals surface area contributed by atoms with Crippen LogP contribution in [-0.2, 0) is 12.5 Å². The number of allylic oxidation sites excluding steroid dienone is 6. The predicted octanol–water partition coefficient (Wildman–Crippen LogP) is 5.56. The molecule has 4 nitrogen and oxygen atoms in total. The number of likely N-dealkylation sites (tertiary alicyclic amines) is 1. The maximum Gasteiger partial charge on any atom is 0.191 e. The van der Waals surface area contributed by atoms with Crippen molar-refractivity contribution >= 4 is 17.3 Å². The van der Waals surface area contributed by atoms with E-state index >= 15 is 0 Å². The van der Waals surface area contributed by atoms with E-state index in [0.717, 1.165) is 35.5 Å². The molecule has 5 heteroatoms. The van der Waals surface area contributed by atoms with Crippen LogP contribution in [0.15, 0.2) is 59.3 Å². The zero-order valence-electron chi connectivity index (χ0n) is 19.6. The van der Waals surface area contributed by atoms with Crippen molar-refractivity contribution in [1.29, 1.82) is 0 Å². The second-order valence-corrected chi connectivity index (χ2v) is 10.8. The Morgan fingerprint density at radius 2 is 1.97 bits per heavy atom. The van der Waals surface area contributed by atoms with Crippen LogP contribution in [-0.4, -0.2) is 45.1 Å². The summed E-state index contributed by atoms with van der Waals surface area (Å²) in [6, 6.07) is 9.27. The monoisotopic (exact) mass is 446 g/mol. The summed E-state index contributed by atoms with van der Waals surface area (Å²) in [5, 5.41) is 10.1. The zero-order chi connectivity index (χ0) is 22.1. The number of fused-ring (bicyclic) bond motifs is 1. The van der Waals surface area contributed by atoms with Crippen LogP contribution in [0.3, 0.4) is 0 Å². The van der Waals surface area contributed by atoms with Crippen LogP contribution in [0.2, 0.25) is 0 Å². The summed E-state index contributed by atoms with van der Waals surface area (Å²) >= 11 is 1.84. The van der Waals surface area contributed by atoms with Crippen LogP contribution in [0.5, 0.6) is 0 Å². The van der Waals surface area contributed by atoms with Gasteiger partial charge in [0.1, 0.15) is 0 Å². The molecule has 1 aromatic carbocycles. The van der Waals surface area contributed by atoms with Crippen molar-refractivity contribution in [3.05, 3.63) is 71.1 Å². The first-order valence-electron chi connectivity index (χ1n) is 11.9. The fourth-order valence-corrected chi connectivity index (χ4v) is 6.27. The first-order valence-corrected chi connectivity index (χ1v) is 12.9. The van der Waals surface area contributed by atoms with Crippen molar-refractivity contribution in [2.75, 3.05) is 25.4 Å². The lowest BCUT2D eigenvalue weighted by Crippen LogP contribution is -2.27. The molecule has 168 valence electrons. The van der Waals surface area contributed by atoms with Gasteiger partial charge in [-0.05, 0) is 63.1 Å². The second-order valence-electron chi connectivity index (χ2n) is 9.71. The molecule has 2 fully saturated rings. The molecule has 3 aliphatic rings. The van der Waals surface area contributed by atoms with E-state index in [9.17, 15) is 0 Å². The smallest absolute Gasteiger partial charge is 0.191 e. The summed E-state index contributed by atoms with van der Waals surface area (Å²) in [5.41, 5.74) is 5.96. The Bertz CT molecular complexity index is 1060. The van der Waals surface area contributed by atoms with Gasteiger partial charge in [-0.2, -0.15) is 0 Å². The van der Waals surface area contributed by atoms with E-state index in [1.54, 1.807) is 5.56 Å². The van der Waals surface area contributed by atoms with Gasteiger partial charge in [0.05, 0.1) is 0 Å². The summed E-state index contributed by atoms with van der Waals surface area (Å²) in [5.74, 6) is 2.97. The van der Waals surface area contributed by atoms with E-state index in [2.05, 4.69) is 89.1 Å². The van der Waals surface area contributed by atoms with Crippen LogP contribution in [0.4, 0.5) is 0 Å². The van der Waals surface area contributed by atoms with Gasteiger partial charge in [0, 0.05) is 36.9 Å². The minimum Gasteiger partial charge on any atom is -0.305 e. The average molecular weight is 447 g/mol. The van der Waals surface area contributed by atoms with Gasteiger partial charge in [0.15, 0.2) is 11.0 Å². The lowest BCUT2D eigenvalue weighted by molar-refractivity contribution is 0.299. The molecule has 0 amide bonds. The van der Waals surface area contributed by atoms with Gasteiger partial charge in [-0.25, -0.2) is 0 Å². The number of hydrogen-bond donors (Lipinski definition) is 0. The molecule has 2 aromatic rings. The number of aryl methyl sites for hydroxylation is 1. The van der Waals surface area contributed by atoms with Crippen LogP contribution in [0, 0.1) is 12.8 Å². The van der Waals surface area contributed by atoms with Crippen molar-refractivity contribution in [3.8, 4) is 0 Å². The van der Waals surface area contributed by atoms with E-state index in [0.29, 0.717) is 5.41 Å². The SMILES string of the molecule is CC1=C(\c2nnc(SCCCN3C[C@@H]4CC4(c4ccc(C)cc4)C3)n2C)CC\C=C/C=C\1. The Hall–Kier alpha value is -2.11.